The van der Waals surface area contributed by atoms with Crippen LogP contribution in [0.3, 0.4) is 0 Å². The number of aliphatic hydroxyl groups excluding tert-OH is 3. The van der Waals surface area contributed by atoms with Crippen LogP contribution in [0.4, 0.5) is 0 Å². The van der Waals surface area contributed by atoms with Crippen molar-refractivity contribution in [2.45, 2.75) is 468 Å². The van der Waals surface area contributed by atoms with Crippen LogP contribution in [0.1, 0.15) is 439 Å². The van der Waals surface area contributed by atoms with Gasteiger partial charge in [-0.05, 0) is 25.7 Å². The maximum Gasteiger partial charge on any atom is 0.451 e. The zero-order valence-corrected chi connectivity index (χ0v) is 60.6. The zero-order valence-electron chi connectivity index (χ0n) is 60.6. The smallest absolute Gasteiger partial charge is 0.422 e. The first kappa shape index (κ1) is 89.6. The Labute approximate surface area is 565 Å². The molecule has 0 rings (SSSR count). The molecule has 0 saturated heterocycles. The van der Waals surface area contributed by atoms with Crippen LogP contribution in [0.5, 0.6) is 0 Å². The van der Waals surface area contributed by atoms with Crippen molar-refractivity contribution in [3.63, 3.8) is 0 Å². The minimum atomic E-state index is -4.32. The second-order valence-electron chi connectivity index (χ2n) is 27.8. The molecule has 0 aliphatic carbocycles. The van der Waals surface area contributed by atoms with E-state index in [2.05, 4.69) is 27.7 Å². The fraction of sp³-hybridized carbons (Fsp3) is 0.949. The minimum Gasteiger partial charge on any atom is -0.422 e. The lowest BCUT2D eigenvalue weighted by molar-refractivity contribution is -0.513. The van der Waals surface area contributed by atoms with Crippen LogP contribution in [0.2, 0.25) is 0 Å². The quantitative estimate of drug-likeness (QED) is 0.0144. The van der Waals surface area contributed by atoms with Gasteiger partial charge in [-0.15, -0.1) is 0 Å². The van der Waals surface area contributed by atoms with E-state index in [0.717, 1.165) is 103 Å². The van der Waals surface area contributed by atoms with Gasteiger partial charge in [-0.1, -0.05) is 387 Å². The lowest BCUT2D eigenvalue weighted by atomic mass is 9.92. The van der Waals surface area contributed by atoms with Crippen molar-refractivity contribution in [1.82, 2.24) is 0 Å². The average Bonchev–Trinajstić information content (AvgIpc) is 0.727. The third-order valence-corrected chi connectivity index (χ3v) is 18.8. The highest BCUT2D eigenvalue weighted by Crippen LogP contribution is 2.42. The Hall–Kier alpha value is -2.36. The number of rotatable bonds is 73. The molecule has 0 bridgehead atoms. The van der Waals surface area contributed by atoms with Gasteiger partial charge in [-0.3, -0.25) is 19.2 Å². The van der Waals surface area contributed by atoms with Crippen molar-refractivity contribution in [3.05, 3.63) is 0 Å². The summed E-state index contributed by atoms with van der Waals surface area (Å²) < 4.78 is 21.9. The van der Waals surface area contributed by atoms with Crippen molar-refractivity contribution < 1.29 is 68.8 Å². The van der Waals surface area contributed by atoms with Crippen molar-refractivity contribution in [2.24, 2.45) is 0 Å². The molecule has 0 aliphatic heterocycles. The molecule has 0 unspecified atom stereocenters. The molecule has 4 atom stereocenters. The summed E-state index contributed by atoms with van der Waals surface area (Å²) in [4.78, 5) is 55.9. The minimum absolute atomic E-state index is 0.225. The molecule has 14 heteroatoms. The molecule has 6 N–H and O–H groups in total. The van der Waals surface area contributed by atoms with Crippen LogP contribution >= 0.6 is 0 Å². The second-order valence-corrected chi connectivity index (χ2v) is 27.8. The number of esters is 4. The summed E-state index contributed by atoms with van der Waals surface area (Å²) in [5, 5.41) is 70.9. The fourth-order valence-electron chi connectivity index (χ4n) is 12.6. The van der Waals surface area contributed by atoms with E-state index in [4.69, 9.17) is 18.9 Å². The predicted octanol–water partition coefficient (Wildman–Crippen LogP) is 20.9. The molecular weight excluding hydrogens is 1160 g/mol. The normalized spacial score (nSPS) is 13.8. The lowest BCUT2D eigenvalue weighted by Gasteiger charge is -2.48. The van der Waals surface area contributed by atoms with Gasteiger partial charge in [0.1, 0.15) is 6.10 Å². The molecule has 546 valence electrons. The highest BCUT2D eigenvalue weighted by atomic mass is 16.9. The Morgan fingerprint density at radius 2 is 0.424 bits per heavy atom. The molecule has 92 heavy (non-hydrogen) atoms. The van der Waals surface area contributed by atoms with Crippen molar-refractivity contribution in [2.75, 3.05) is 6.61 Å². The van der Waals surface area contributed by atoms with E-state index in [-0.39, 0.29) is 44.9 Å². The van der Waals surface area contributed by atoms with Gasteiger partial charge >= 0.3 is 41.4 Å². The first-order chi connectivity index (χ1) is 44.7. The zero-order chi connectivity index (χ0) is 67.8. The number of ether oxygens (including phenoxy) is 4. The van der Waals surface area contributed by atoms with Gasteiger partial charge in [0.05, 0.1) is 6.61 Å². The van der Waals surface area contributed by atoms with E-state index in [0.29, 0.717) is 25.7 Å². The van der Waals surface area contributed by atoms with E-state index >= 15 is 0 Å². The van der Waals surface area contributed by atoms with Crippen molar-refractivity contribution >= 4 is 23.9 Å². The number of hydrogen-bond donors (Lipinski definition) is 6. The van der Waals surface area contributed by atoms with E-state index < -0.39 is 66.7 Å². The molecular formula is C78H150O14. The molecule has 0 spiro atoms. The number of carbonyl (C=O) groups excluding carboxylic acids is 4. The van der Waals surface area contributed by atoms with E-state index in [1.54, 1.807) is 0 Å². The van der Waals surface area contributed by atoms with Gasteiger partial charge in [0.15, 0.2) is 6.10 Å². The van der Waals surface area contributed by atoms with Gasteiger partial charge < -0.3 is 49.6 Å². The Balaban J connectivity index is 6.38. The van der Waals surface area contributed by atoms with Crippen LogP contribution in [-0.2, 0) is 38.1 Å². The standard InChI is InChI=1S/C78H150O14/c1-5-9-13-17-21-25-29-33-37-41-45-49-53-57-61-65-71(81)89-76(86,75(85)70(80)69-79)77(87,90-72(82)66-62-58-54-50-46-42-38-34-30-26-22-18-14-10-6-2)78(88,91-73(83)67-63-59-55-51-47-43-39-35-31-27-23-19-15-11-7-3)92-74(84)68-64-60-56-52-48-44-40-36-32-28-24-20-16-12-8-4/h70,75,79-80,85-88H,5-69H2,1-4H3/t70-,75+,76+,77+/m0/s1. The molecule has 0 aromatic heterocycles. The summed E-state index contributed by atoms with van der Waals surface area (Å²) in [6.45, 7) is 7.65. The molecule has 0 aromatic carbocycles. The highest BCUT2D eigenvalue weighted by Gasteiger charge is 2.77. The summed E-state index contributed by atoms with van der Waals surface area (Å²) in [7, 11) is 0. The van der Waals surface area contributed by atoms with E-state index in [9.17, 15) is 49.8 Å². The molecule has 0 aliphatic rings. The summed E-state index contributed by atoms with van der Waals surface area (Å²) in [6.07, 6.45) is 57.7. The van der Waals surface area contributed by atoms with Crippen LogP contribution < -0.4 is 0 Å². The van der Waals surface area contributed by atoms with Crippen LogP contribution in [-0.4, -0.2) is 90.9 Å². The Morgan fingerprint density at radius 3 is 0.609 bits per heavy atom. The lowest BCUT2D eigenvalue weighted by Crippen LogP contribution is -2.78. The number of hydrogen-bond acceptors (Lipinski definition) is 14. The molecule has 14 nitrogen and oxygen atoms in total. The third kappa shape index (κ3) is 49.2. The molecule has 0 saturated carbocycles. The summed E-state index contributed by atoms with van der Waals surface area (Å²) >= 11 is 0. The Kier molecular flexibility index (Phi) is 63.0. The van der Waals surface area contributed by atoms with Gasteiger partial charge in [0, 0.05) is 25.7 Å². The predicted molar refractivity (Wildman–Crippen MR) is 377 cm³/mol. The third-order valence-electron chi connectivity index (χ3n) is 18.8. The van der Waals surface area contributed by atoms with Crippen LogP contribution in [0, 0.1) is 0 Å². The summed E-state index contributed by atoms with van der Waals surface area (Å²) in [6, 6.07) is 0. The summed E-state index contributed by atoms with van der Waals surface area (Å²) in [5.41, 5.74) is 0. The van der Waals surface area contributed by atoms with Gasteiger partial charge in [-0.2, -0.15) is 0 Å². The maximum absolute atomic E-state index is 14.1. The summed E-state index contributed by atoms with van der Waals surface area (Å²) in [5.74, 6) is -17.6. The maximum atomic E-state index is 14.1. The van der Waals surface area contributed by atoms with E-state index in [1.807, 2.05) is 0 Å². The first-order valence-electron chi connectivity index (χ1n) is 39.7. The van der Waals surface area contributed by atoms with Gasteiger partial charge in [-0.25, -0.2) is 0 Å². The molecule has 0 radical (unpaired) electrons. The van der Waals surface area contributed by atoms with Crippen LogP contribution in [0.25, 0.3) is 0 Å². The van der Waals surface area contributed by atoms with Crippen molar-refractivity contribution in [1.29, 1.82) is 0 Å². The SMILES string of the molecule is CCCCCCCCCCCCCCCCCC(=O)OC(O)(OC(=O)CCCCCCCCCCCCCCCCC)[C@](O)(OC(=O)CCCCCCCCCCCCCCCCC)[C@](O)(OC(=O)CCCCCCCCCCCCCCCCC)[C@H](O)[C@@H](O)CO. The largest absolute Gasteiger partial charge is 0.451 e. The number of aliphatic hydroxyl groups is 6. The second kappa shape index (κ2) is 64.6. The Morgan fingerprint density at radius 1 is 0.261 bits per heavy atom. The van der Waals surface area contributed by atoms with Gasteiger partial charge in [0.25, 0.3) is 0 Å². The Bertz CT molecular complexity index is 1600. The van der Waals surface area contributed by atoms with Crippen molar-refractivity contribution in [3.8, 4) is 0 Å². The van der Waals surface area contributed by atoms with Gasteiger partial charge in [0.2, 0.25) is 0 Å². The average molecular weight is 1310 g/mol. The van der Waals surface area contributed by atoms with Crippen LogP contribution in [0.15, 0.2) is 0 Å². The highest BCUT2D eigenvalue weighted by molar-refractivity contribution is 5.74. The molecule has 0 aromatic rings. The van der Waals surface area contributed by atoms with E-state index in [1.165, 1.54) is 231 Å². The first-order valence-corrected chi connectivity index (χ1v) is 39.7. The number of carbonyl (C=O) groups is 4. The fourth-order valence-corrected chi connectivity index (χ4v) is 12.6. The molecule has 0 amide bonds. The topological polar surface area (TPSA) is 227 Å². The number of unbranched alkanes of at least 4 members (excludes halogenated alkanes) is 56. The molecule has 0 fully saturated rings. The monoisotopic (exact) mass is 1310 g/mol. The molecule has 0 heterocycles.